The zero-order valence-electron chi connectivity index (χ0n) is 20.0. The van der Waals surface area contributed by atoms with Crippen molar-refractivity contribution in [2.75, 3.05) is 14.1 Å². The molecule has 4 aromatic rings. The molecule has 4 rings (SSSR count). The highest BCUT2D eigenvalue weighted by Gasteiger charge is 2.20. The lowest BCUT2D eigenvalue weighted by molar-refractivity contribution is 0.518. The van der Waals surface area contributed by atoms with Crippen LogP contribution in [0.4, 0.5) is 0 Å². The summed E-state index contributed by atoms with van der Waals surface area (Å²) in [4.78, 5) is 22.9. The summed E-state index contributed by atoms with van der Waals surface area (Å²) in [5.41, 5.74) is 2.15. The number of thioether (sulfide) groups is 1. The molecule has 0 saturated heterocycles. The van der Waals surface area contributed by atoms with Crippen LogP contribution in [-0.2, 0) is 22.3 Å². The molecule has 2 aromatic carbocycles. The van der Waals surface area contributed by atoms with Gasteiger partial charge in [0.1, 0.15) is 5.82 Å². The van der Waals surface area contributed by atoms with Gasteiger partial charge in [-0.2, -0.15) is 0 Å². The number of hydrogen-bond donors (Lipinski definition) is 0. The van der Waals surface area contributed by atoms with Crippen molar-refractivity contribution in [2.24, 2.45) is 0 Å². The molecule has 0 fully saturated rings. The molecule has 0 atom stereocenters. The van der Waals surface area contributed by atoms with Crippen molar-refractivity contribution < 1.29 is 8.42 Å². The number of nitrogens with zero attached hydrogens (tertiary/aromatic N) is 5. The monoisotopic (exact) mass is 499 g/mol. The second kappa shape index (κ2) is 9.52. The number of aromatic nitrogens is 4. The van der Waals surface area contributed by atoms with Gasteiger partial charge in [0.05, 0.1) is 32.6 Å². The average Bonchev–Trinajstić information content (AvgIpc) is 3.14. The first-order chi connectivity index (χ1) is 16.1. The summed E-state index contributed by atoms with van der Waals surface area (Å²) in [5, 5.41) is 1.25. The number of imidazole rings is 1. The molecule has 0 aliphatic carbocycles. The smallest absolute Gasteiger partial charge is 0.262 e. The van der Waals surface area contributed by atoms with Crippen LogP contribution in [0.15, 0.2) is 57.3 Å². The Bertz CT molecular complexity index is 1520. The molecule has 10 heteroatoms. The minimum Gasteiger partial charge on any atom is -0.327 e. The van der Waals surface area contributed by atoms with E-state index in [4.69, 9.17) is 9.97 Å². The van der Waals surface area contributed by atoms with Crippen LogP contribution in [0.2, 0.25) is 0 Å². The van der Waals surface area contributed by atoms with Crippen molar-refractivity contribution in [3.8, 4) is 0 Å². The predicted octanol–water partition coefficient (Wildman–Crippen LogP) is 4.28. The lowest BCUT2D eigenvalue weighted by Crippen LogP contribution is -2.25. The zero-order chi connectivity index (χ0) is 24.6. The Morgan fingerprint density at radius 3 is 2.47 bits per heavy atom. The Kier molecular flexibility index (Phi) is 6.84. The number of fused-ring (bicyclic) bond motifs is 2. The van der Waals surface area contributed by atoms with Crippen LogP contribution < -0.4 is 5.56 Å². The van der Waals surface area contributed by atoms with Crippen LogP contribution in [0.3, 0.4) is 0 Å². The molecule has 0 N–H and O–H groups in total. The fraction of sp³-hybridized carbons (Fsp3) is 0.375. The van der Waals surface area contributed by atoms with Gasteiger partial charge >= 0.3 is 0 Å². The highest BCUT2D eigenvalue weighted by Crippen LogP contribution is 2.28. The summed E-state index contributed by atoms with van der Waals surface area (Å²) < 4.78 is 30.2. The minimum absolute atomic E-state index is 0.0413. The number of para-hydroxylation sites is 1. The summed E-state index contributed by atoms with van der Waals surface area (Å²) in [5.74, 6) is 1.32. The highest BCUT2D eigenvalue weighted by atomic mass is 32.2. The van der Waals surface area contributed by atoms with Gasteiger partial charge in [0.25, 0.3) is 5.56 Å². The van der Waals surface area contributed by atoms with E-state index < -0.39 is 10.0 Å². The Morgan fingerprint density at radius 2 is 1.79 bits per heavy atom. The second-order valence-electron chi connectivity index (χ2n) is 8.59. The molecule has 8 nitrogen and oxygen atoms in total. The van der Waals surface area contributed by atoms with E-state index >= 15 is 0 Å². The molecule has 2 heterocycles. The Labute approximate surface area is 203 Å². The van der Waals surface area contributed by atoms with Crippen LogP contribution >= 0.6 is 11.8 Å². The summed E-state index contributed by atoms with van der Waals surface area (Å²) in [6.07, 6.45) is 0.909. The summed E-state index contributed by atoms with van der Waals surface area (Å²) >= 11 is 1.47. The summed E-state index contributed by atoms with van der Waals surface area (Å²) in [7, 11) is -0.517. The Morgan fingerprint density at radius 1 is 1.06 bits per heavy atom. The van der Waals surface area contributed by atoms with Gasteiger partial charge in [0, 0.05) is 26.7 Å². The fourth-order valence-electron chi connectivity index (χ4n) is 3.93. The van der Waals surface area contributed by atoms with Crippen molar-refractivity contribution in [1.82, 2.24) is 23.4 Å². The van der Waals surface area contributed by atoms with Gasteiger partial charge in [0.15, 0.2) is 5.16 Å². The van der Waals surface area contributed by atoms with Crippen molar-refractivity contribution >= 4 is 43.7 Å². The molecule has 0 aliphatic heterocycles. The lowest BCUT2D eigenvalue weighted by atomic mass is 10.2. The van der Waals surface area contributed by atoms with Gasteiger partial charge in [-0.05, 0) is 50.6 Å². The van der Waals surface area contributed by atoms with Crippen LogP contribution in [0.25, 0.3) is 21.9 Å². The van der Waals surface area contributed by atoms with Crippen LogP contribution in [0.5, 0.6) is 0 Å². The number of sulfonamides is 1. The van der Waals surface area contributed by atoms with E-state index in [2.05, 4.69) is 11.5 Å². The van der Waals surface area contributed by atoms with E-state index in [9.17, 15) is 13.2 Å². The largest absolute Gasteiger partial charge is 0.327 e. The molecule has 2 aromatic heterocycles. The SMILES string of the molecule is CCCn1c(CSc2nc3ccccc3c(=O)n2C(C)C)nc2cc(S(=O)(=O)N(C)C)ccc21. The number of rotatable bonds is 8. The Hall–Kier alpha value is -2.69. The molecule has 0 saturated carbocycles. The fourth-order valence-corrected chi connectivity index (χ4v) is 5.92. The third kappa shape index (κ3) is 4.37. The first kappa shape index (κ1) is 24.4. The summed E-state index contributed by atoms with van der Waals surface area (Å²) in [6, 6.07) is 12.4. The maximum atomic E-state index is 13.1. The Balaban J connectivity index is 1.76. The molecule has 0 bridgehead atoms. The maximum absolute atomic E-state index is 13.1. The third-order valence-electron chi connectivity index (χ3n) is 5.65. The standard InChI is InChI=1S/C24H29N5O3S2/c1-6-13-28-21-12-11-17(34(31,32)27(4)5)14-20(21)25-22(28)15-33-24-26-19-10-8-7-9-18(19)23(30)29(24)16(2)3/h7-12,14,16H,6,13,15H2,1-5H3. The van der Waals surface area contributed by atoms with Gasteiger partial charge in [-0.3, -0.25) is 9.36 Å². The molecule has 180 valence electrons. The van der Waals surface area contributed by atoms with E-state index in [-0.39, 0.29) is 16.5 Å². The van der Waals surface area contributed by atoms with Crippen molar-refractivity contribution in [3.63, 3.8) is 0 Å². The molecular weight excluding hydrogens is 470 g/mol. The van der Waals surface area contributed by atoms with E-state index in [1.807, 2.05) is 38.1 Å². The van der Waals surface area contributed by atoms with E-state index in [0.717, 1.165) is 24.3 Å². The van der Waals surface area contributed by atoms with E-state index in [1.54, 1.807) is 22.8 Å². The first-order valence-electron chi connectivity index (χ1n) is 11.2. The number of benzene rings is 2. The van der Waals surface area contributed by atoms with Crippen molar-refractivity contribution in [2.45, 2.75) is 55.6 Å². The normalized spacial score (nSPS) is 12.4. The van der Waals surface area contributed by atoms with Crippen molar-refractivity contribution in [1.29, 1.82) is 0 Å². The van der Waals surface area contributed by atoms with Gasteiger partial charge < -0.3 is 4.57 Å². The second-order valence-corrected chi connectivity index (χ2v) is 11.7. The first-order valence-corrected chi connectivity index (χ1v) is 13.6. The van der Waals surface area contributed by atoms with Gasteiger partial charge in [-0.25, -0.2) is 22.7 Å². The number of hydrogen-bond acceptors (Lipinski definition) is 6. The van der Waals surface area contributed by atoms with Gasteiger partial charge in [-0.15, -0.1) is 0 Å². The molecule has 34 heavy (non-hydrogen) atoms. The maximum Gasteiger partial charge on any atom is 0.262 e. The van der Waals surface area contributed by atoms with Crippen molar-refractivity contribution in [3.05, 3.63) is 58.6 Å². The molecule has 0 spiro atoms. The quantitative estimate of drug-likeness (QED) is 0.266. The van der Waals surface area contributed by atoms with Gasteiger partial charge in [-0.1, -0.05) is 30.8 Å². The topological polar surface area (TPSA) is 90.1 Å². The minimum atomic E-state index is -3.55. The van der Waals surface area contributed by atoms with Crippen LogP contribution in [-0.4, -0.2) is 45.9 Å². The predicted molar refractivity (Wildman–Crippen MR) is 137 cm³/mol. The van der Waals surface area contributed by atoms with E-state index in [1.165, 1.54) is 30.2 Å². The van der Waals surface area contributed by atoms with Crippen LogP contribution in [0.1, 0.15) is 39.1 Å². The zero-order valence-corrected chi connectivity index (χ0v) is 21.7. The molecule has 0 unspecified atom stereocenters. The van der Waals surface area contributed by atoms with Crippen LogP contribution in [0, 0.1) is 0 Å². The molecule has 0 aliphatic rings. The van der Waals surface area contributed by atoms with E-state index in [0.29, 0.717) is 27.3 Å². The molecular formula is C24H29N5O3S2. The highest BCUT2D eigenvalue weighted by molar-refractivity contribution is 7.98. The molecule has 0 amide bonds. The number of aryl methyl sites for hydroxylation is 1. The summed E-state index contributed by atoms with van der Waals surface area (Å²) in [6.45, 7) is 6.80. The average molecular weight is 500 g/mol. The van der Waals surface area contributed by atoms with Gasteiger partial charge in [0.2, 0.25) is 10.0 Å². The molecule has 0 radical (unpaired) electrons. The lowest BCUT2D eigenvalue weighted by Gasteiger charge is -2.16. The third-order valence-corrected chi connectivity index (χ3v) is 8.41.